The number of rotatable bonds is 3. The summed E-state index contributed by atoms with van der Waals surface area (Å²) in [7, 11) is -2.96. The second-order valence-corrected chi connectivity index (χ2v) is 8.64. The highest BCUT2D eigenvalue weighted by molar-refractivity contribution is 7.91. The van der Waals surface area contributed by atoms with Crippen LogP contribution in [0.5, 0.6) is 0 Å². The molecule has 0 bridgehead atoms. The van der Waals surface area contributed by atoms with E-state index in [1.165, 1.54) is 5.56 Å². The van der Waals surface area contributed by atoms with E-state index in [1.54, 1.807) is 0 Å². The van der Waals surface area contributed by atoms with Gasteiger partial charge in [0.25, 0.3) is 0 Å². The smallest absolute Gasteiger partial charge is 0.152 e. The van der Waals surface area contributed by atoms with Gasteiger partial charge in [0.2, 0.25) is 0 Å². The molecule has 1 aliphatic rings. The van der Waals surface area contributed by atoms with E-state index in [0.717, 1.165) is 18.5 Å². The highest BCUT2D eigenvalue weighted by Crippen LogP contribution is 2.21. The third kappa shape index (κ3) is 4.32. The standard InChI is InChI=1S/C16H25NO2S/c1-12(2)8-14-4-6-15(7-5-14)16-11-20(18,19)10-13(3)9-17-16/h4-7,12-13,16-17H,8-11H2,1-3H3. The molecule has 1 fully saturated rings. The van der Waals surface area contributed by atoms with Gasteiger partial charge >= 0.3 is 0 Å². The number of hydrogen-bond donors (Lipinski definition) is 1. The normalized spacial score (nSPS) is 26.4. The maximum absolute atomic E-state index is 12.0. The fourth-order valence-corrected chi connectivity index (χ4v) is 4.73. The van der Waals surface area contributed by atoms with Crippen LogP contribution in [0.15, 0.2) is 24.3 Å². The van der Waals surface area contributed by atoms with E-state index < -0.39 is 9.84 Å². The van der Waals surface area contributed by atoms with Crippen molar-refractivity contribution in [1.82, 2.24) is 5.32 Å². The van der Waals surface area contributed by atoms with E-state index in [2.05, 4.69) is 43.4 Å². The lowest BCUT2D eigenvalue weighted by Crippen LogP contribution is -2.26. The molecule has 0 aromatic heterocycles. The Balaban J connectivity index is 2.14. The third-order valence-corrected chi connectivity index (χ3v) is 5.62. The fourth-order valence-electron chi connectivity index (χ4n) is 2.79. The van der Waals surface area contributed by atoms with E-state index in [-0.39, 0.29) is 17.7 Å². The molecular formula is C16H25NO2S. The van der Waals surface area contributed by atoms with Crippen LogP contribution in [0.25, 0.3) is 0 Å². The Morgan fingerprint density at radius 1 is 1.20 bits per heavy atom. The molecular weight excluding hydrogens is 270 g/mol. The molecule has 0 amide bonds. The van der Waals surface area contributed by atoms with Gasteiger partial charge in [0, 0.05) is 6.04 Å². The summed E-state index contributed by atoms with van der Waals surface area (Å²) in [6, 6.07) is 8.32. The van der Waals surface area contributed by atoms with Crippen LogP contribution in [0.3, 0.4) is 0 Å². The van der Waals surface area contributed by atoms with Crippen molar-refractivity contribution >= 4 is 9.84 Å². The molecule has 1 N–H and O–H groups in total. The van der Waals surface area contributed by atoms with Gasteiger partial charge < -0.3 is 5.32 Å². The van der Waals surface area contributed by atoms with E-state index >= 15 is 0 Å². The molecule has 0 spiro atoms. The van der Waals surface area contributed by atoms with Crippen LogP contribution in [-0.2, 0) is 16.3 Å². The van der Waals surface area contributed by atoms with Gasteiger partial charge in [-0.15, -0.1) is 0 Å². The van der Waals surface area contributed by atoms with E-state index in [0.29, 0.717) is 11.7 Å². The van der Waals surface area contributed by atoms with E-state index in [1.807, 2.05) is 6.92 Å². The molecule has 1 aromatic rings. The summed E-state index contributed by atoms with van der Waals surface area (Å²) in [6.07, 6.45) is 1.06. The number of hydrogen-bond acceptors (Lipinski definition) is 3. The Morgan fingerprint density at radius 2 is 1.85 bits per heavy atom. The van der Waals surface area contributed by atoms with Crippen molar-refractivity contribution in [2.24, 2.45) is 11.8 Å². The average Bonchev–Trinajstić information content (AvgIpc) is 2.47. The Labute approximate surface area is 122 Å². The Bertz CT molecular complexity index is 534. The number of sulfone groups is 1. The van der Waals surface area contributed by atoms with Crippen molar-refractivity contribution in [3.05, 3.63) is 35.4 Å². The molecule has 4 heteroatoms. The molecule has 2 rings (SSSR count). The zero-order valence-corrected chi connectivity index (χ0v) is 13.4. The molecule has 1 aromatic carbocycles. The molecule has 1 saturated heterocycles. The van der Waals surface area contributed by atoms with Gasteiger partial charge in [0.15, 0.2) is 9.84 Å². The summed E-state index contributed by atoms with van der Waals surface area (Å²) in [5.41, 5.74) is 2.39. The summed E-state index contributed by atoms with van der Waals surface area (Å²) in [4.78, 5) is 0. The fraction of sp³-hybridized carbons (Fsp3) is 0.625. The minimum atomic E-state index is -2.96. The molecule has 1 aliphatic heterocycles. The molecule has 0 aliphatic carbocycles. The predicted molar refractivity (Wildman–Crippen MR) is 83.5 cm³/mol. The van der Waals surface area contributed by atoms with Crippen molar-refractivity contribution in [3.8, 4) is 0 Å². The molecule has 112 valence electrons. The van der Waals surface area contributed by atoms with Crippen LogP contribution in [0.4, 0.5) is 0 Å². The monoisotopic (exact) mass is 295 g/mol. The second-order valence-electron chi connectivity index (χ2n) is 6.48. The first kappa shape index (κ1) is 15.5. The van der Waals surface area contributed by atoms with E-state index in [9.17, 15) is 8.42 Å². The Morgan fingerprint density at radius 3 is 2.45 bits per heavy atom. The van der Waals surface area contributed by atoms with Gasteiger partial charge in [-0.3, -0.25) is 0 Å². The van der Waals surface area contributed by atoms with Gasteiger partial charge in [0.05, 0.1) is 11.5 Å². The quantitative estimate of drug-likeness (QED) is 0.932. The van der Waals surface area contributed by atoms with Crippen molar-refractivity contribution < 1.29 is 8.42 Å². The Hall–Kier alpha value is -0.870. The maximum atomic E-state index is 12.0. The van der Waals surface area contributed by atoms with Crippen molar-refractivity contribution in [1.29, 1.82) is 0 Å². The van der Waals surface area contributed by atoms with Crippen LogP contribution in [-0.4, -0.2) is 26.5 Å². The van der Waals surface area contributed by atoms with Gasteiger partial charge in [-0.2, -0.15) is 0 Å². The lowest BCUT2D eigenvalue weighted by Gasteiger charge is -2.17. The highest BCUT2D eigenvalue weighted by atomic mass is 32.2. The van der Waals surface area contributed by atoms with Crippen LogP contribution < -0.4 is 5.32 Å². The lowest BCUT2D eigenvalue weighted by atomic mass is 10.00. The third-order valence-electron chi connectivity index (χ3n) is 3.70. The van der Waals surface area contributed by atoms with Gasteiger partial charge in [-0.25, -0.2) is 8.42 Å². The molecule has 2 unspecified atom stereocenters. The van der Waals surface area contributed by atoms with Crippen LogP contribution in [0.1, 0.15) is 37.9 Å². The van der Waals surface area contributed by atoms with E-state index in [4.69, 9.17) is 0 Å². The van der Waals surface area contributed by atoms with Crippen molar-refractivity contribution in [2.75, 3.05) is 18.1 Å². The Kier molecular flexibility index (Phi) is 4.86. The number of nitrogens with one attached hydrogen (secondary N) is 1. The molecule has 2 atom stereocenters. The zero-order chi connectivity index (χ0) is 14.8. The van der Waals surface area contributed by atoms with Gasteiger partial charge in [-0.05, 0) is 35.9 Å². The molecule has 0 radical (unpaired) electrons. The minimum absolute atomic E-state index is 0.0713. The summed E-state index contributed by atoms with van der Waals surface area (Å²) in [5, 5.41) is 3.38. The molecule has 0 saturated carbocycles. The molecule has 3 nitrogen and oxygen atoms in total. The van der Waals surface area contributed by atoms with Gasteiger partial charge in [0.1, 0.15) is 0 Å². The maximum Gasteiger partial charge on any atom is 0.152 e. The first-order valence-corrected chi connectivity index (χ1v) is 9.20. The first-order valence-electron chi connectivity index (χ1n) is 7.38. The minimum Gasteiger partial charge on any atom is -0.309 e. The largest absolute Gasteiger partial charge is 0.309 e. The van der Waals surface area contributed by atoms with Crippen LogP contribution in [0, 0.1) is 11.8 Å². The SMILES string of the molecule is CC(C)Cc1ccc(C2CS(=O)(=O)CC(C)CN2)cc1. The topological polar surface area (TPSA) is 46.2 Å². The highest BCUT2D eigenvalue weighted by Gasteiger charge is 2.26. The predicted octanol–water partition coefficient (Wildman–Crippen LogP) is 2.58. The summed E-state index contributed by atoms with van der Waals surface area (Å²) in [6.45, 7) is 7.15. The van der Waals surface area contributed by atoms with Crippen LogP contribution in [0.2, 0.25) is 0 Å². The van der Waals surface area contributed by atoms with Crippen molar-refractivity contribution in [3.63, 3.8) is 0 Å². The molecule has 20 heavy (non-hydrogen) atoms. The van der Waals surface area contributed by atoms with Gasteiger partial charge in [-0.1, -0.05) is 45.0 Å². The summed E-state index contributed by atoms with van der Waals surface area (Å²) >= 11 is 0. The number of benzene rings is 1. The summed E-state index contributed by atoms with van der Waals surface area (Å²) in [5.74, 6) is 1.33. The summed E-state index contributed by atoms with van der Waals surface area (Å²) < 4.78 is 24.1. The van der Waals surface area contributed by atoms with Crippen LogP contribution >= 0.6 is 0 Å². The molecule has 1 heterocycles. The van der Waals surface area contributed by atoms with Crippen molar-refractivity contribution in [2.45, 2.75) is 33.2 Å². The average molecular weight is 295 g/mol. The first-order chi connectivity index (χ1) is 9.35. The lowest BCUT2D eigenvalue weighted by molar-refractivity contribution is 0.517. The zero-order valence-electron chi connectivity index (χ0n) is 12.6. The second kappa shape index (κ2) is 6.27.